The molecule has 1 atom stereocenters. The number of nitrogens with one attached hydrogen (secondary N) is 1. The molecule has 1 aliphatic rings. The smallest absolute Gasteiger partial charge is 0.270 e. The van der Waals surface area contributed by atoms with E-state index in [9.17, 15) is 28.1 Å². The molecule has 1 saturated heterocycles. The summed E-state index contributed by atoms with van der Waals surface area (Å²) in [5, 5.41) is 13.6. The Hall–Kier alpha value is -3.31. The maximum Gasteiger partial charge on any atom is 0.270 e. The molecule has 0 aromatic heterocycles. The predicted molar refractivity (Wildman–Crippen MR) is 112 cm³/mol. The zero-order valence-corrected chi connectivity index (χ0v) is 17.6. The van der Waals surface area contributed by atoms with Crippen molar-refractivity contribution in [3.63, 3.8) is 0 Å². The summed E-state index contributed by atoms with van der Waals surface area (Å²) in [6, 6.07) is 12.6. The van der Waals surface area contributed by atoms with Gasteiger partial charge in [-0.1, -0.05) is 24.3 Å². The van der Waals surface area contributed by atoms with E-state index in [-0.39, 0.29) is 48.6 Å². The molecule has 0 radical (unpaired) electrons. The predicted octanol–water partition coefficient (Wildman–Crippen LogP) is 1.25. The Morgan fingerprint density at radius 3 is 2.29 bits per heavy atom. The fourth-order valence-corrected chi connectivity index (χ4v) is 4.72. The summed E-state index contributed by atoms with van der Waals surface area (Å²) in [6.45, 7) is 1.98. The molecule has 1 fully saturated rings. The van der Waals surface area contributed by atoms with Gasteiger partial charge in [-0.2, -0.15) is 4.31 Å². The first-order valence-corrected chi connectivity index (χ1v) is 11.0. The number of non-ortho nitro benzene ring substituents is 1. The van der Waals surface area contributed by atoms with Crippen LogP contribution in [-0.2, 0) is 14.8 Å². The number of benzene rings is 2. The summed E-state index contributed by atoms with van der Waals surface area (Å²) in [5.74, 6) is -0.676. The monoisotopic (exact) mass is 446 g/mol. The third-order valence-corrected chi connectivity index (χ3v) is 6.87. The largest absolute Gasteiger partial charge is 0.341 e. The third-order valence-electron chi connectivity index (χ3n) is 4.97. The molecule has 164 valence electrons. The molecular formula is C20H22N4O6S. The number of nitro groups is 1. The number of nitro benzene ring substituents is 1. The average Bonchev–Trinajstić information content (AvgIpc) is 2.79. The maximum atomic E-state index is 12.8. The molecule has 0 aliphatic carbocycles. The van der Waals surface area contributed by atoms with Crippen molar-refractivity contribution in [2.45, 2.75) is 17.9 Å². The summed E-state index contributed by atoms with van der Waals surface area (Å²) in [4.78, 5) is 36.5. The van der Waals surface area contributed by atoms with Crippen molar-refractivity contribution in [1.29, 1.82) is 0 Å². The minimum atomic E-state index is -3.92. The van der Waals surface area contributed by atoms with Crippen molar-refractivity contribution in [3.8, 4) is 0 Å². The molecule has 1 aliphatic heterocycles. The topological polar surface area (TPSA) is 130 Å². The van der Waals surface area contributed by atoms with Crippen molar-refractivity contribution in [2.75, 3.05) is 26.2 Å². The number of carbonyl (C=O) groups is 2. The summed E-state index contributed by atoms with van der Waals surface area (Å²) >= 11 is 0. The molecule has 2 aromatic rings. The van der Waals surface area contributed by atoms with E-state index < -0.39 is 21.0 Å². The van der Waals surface area contributed by atoms with Crippen LogP contribution < -0.4 is 5.32 Å². The van der Waals surface area contributed by atoms with Crippen LogP contribution in [0.25, 0.3) is 0 Å². The highest BCUT2D eigenvalue weighted by Gasteiger charge is 2.32. The van der Waals surface area contributed by atoms with Crippen LogP contribution >= 0.6 is 0 Å². The average molecular weight is 446 g/mol. The van der Waals surface area contributed by atoms with Gasteiger partial charge in [-0.3, -0.25) is 19.7 Å². The van der Waals surface area contributed by atoms with Crippen LogP contribution in [0.2, 0.25) is 0 Å². The Labute approximate surface area is 179 Å². The number of nitrogens with zero attached hydrogens (tertiary/aromatic N) is 3. The van der Waals surface area contributed by atoms with Crippen molar-refractivity contribution < 1.29 is 22.9 Å². The highest BCUT2D eigenvalue weighted by atomic mass is 32.2. The van der Waals surface area contributed by atoms with Crippen LogP contribution in [0.15, 0.2) is 59.5 Å². The van der Waals surface area contributed by atoms with Gasteiger partial charge < -0.3 is 10.2 Å². The van der Waals surface area contributed by atoms with Gasteiger partial charge in [0.2, 0.25) is 15.9 Å². The van der Waals surface area contributed by atoms with Crippen LogP contribution in [-0.4, -0.2) is 66.6 Å². The van der Waals surface area contributed by atoms with E-state index in [4.69, 9.17) is 0 Å². The summed E-state index contributed by atoms with van der Waals surface area (Å²) < 4.78 is 26.8. The number of sulfonamides is 1. The van der Waals surface area contributed by atoms with E-state index in [1.54, 1.807) is 37.3 Å². The Morgan fingerprint density at radius 1 is 1.03 bits per heavy atom. The van der Waals surface area contributed by atoms with Gasteiger partial charge >= 0.3 is 0 Å². The molecule has 1 heterocycles. The summed E-state index contributed by atoms with van der Waals surface area (Å²) in [7, 11) is -3.92. The molecule has 2 amide bonds. The first-order valence-electron chi connectivity index (χ1n) is 9.59. The Morgan fingerprint density at radius 2 is 1.68 bits per heavy atom. The van der Waals surface area contributed by atoms with Gasteiger partial charge in [0.05, 0.1) is 9.82 Å². The van der Waals surface area contributed by atoms with Crippen LogP contribution in [0.4, 0.5) is 5.69 Å². The van der Waals surface area contributed by atoms with Crippen molar-refractivity contribution in [2.24, 2.45) is 0 Å². The lowest BCUT2D eigenvalue weighted by molar-refractivity contribution is -0.385. The lowest BCUT2D eigenvalue weighted by Crippen LogP contribution is -2.55. The maximum absolute atomic E-state index is 12.8. The van der Waals surface area contributed by atoms with Gasteiger partial charge in [-0.25, -0.2) is 8.42 Å². The lowest BCUT2D eigenvalue weighted by Gasteiger charge is -2.35. The Balaban J connectivity index is 1.60. The second-order valence-corrected chi connectivity index (χ2v) is 8.98. The van der Waals surface area contributed by atoms with Gasteiger partial charge in [0.1, 0.15) is 6.04 Å². The minimum Gasteiger partial charge on any atom is -0.341 e. The molecule has 10 nitrogen and oxygen atoms in total. The quantitative estimate of drug-likeness (QED) is 0.525. The SMILES string of the molecule is C[C@H](NC(=O)c1ccccc1)C(=O)N1CCN(S(=O)(=O)c2cccc([N+](=O)[O-])c2)CC1. The van der Waals surface area contributed by atoms with Gasteiger partial charge in [0, 0.05) is 43.9 Å². The van der Waals surface area contributed by atoms with E-state index in [1.165, 1.54) is 27.4 Å². The molecule has 0 unspecified atom stereocenters. The van der Waals surface area contributed by atoms with Crippen molar-refractivity contribution in [1.82, 2.24) is 14.5 Å². The molecular weight excluding hydrogens is 424 g/mol. The second-order valence-electron chi connectivity index (χ2n) is 7.05. The third kappa shape index (κ3) is 5.06. The number of hydrogen-bond acceptors (Lipinski definition) is 6. The van der Waals surface area contributed by atoms with Gasteiger partial charge in [-0.05, 0) is 25.1 Å². The standard InChI is InChI=1S/C20H22N4O6S/c1-15(21-19(25)16-6-3-2-4-7-16)20(26)22-10-12-23(13-11-22)31(29,30)18-9-5-8-17(14-18)24(27)28/h2-9,14-15H,10-13H2,1H3,(H,21,25)/t15-/m0/s1. The zero-order valence-electron chi connectivity index (χ0n) is 16.8. The van der Waals surface area contributed by atoms with E-state index >= 15 is 0 Å². The van der Waals surface area contributed by atoms with Crippen molar-refractivity contribution in [3.05, 3.63) is 70.3 Å². The Kier molecular flexibility index (Phi) is 6.66. The van der Waals surface area contributed by atoms with Crippen molar-refractivity contribution >= 4 is 27.5 Å². The van der Waals surface area contributed by atoms with E-state index in [1.807, 2.05) is 0 Å². The molecule has 31 heavy (non-hydrogen) atoms. The molecule has 2 aromatic carbocycles. The number of carbonyl (C=O) groups excluding carboxylic acids is 2. The molecule has 0 bridgehead atoms. The van der Waals surface area contributed by atoms with Crippen LogP contribution in [0.5, 0.6) is 0 Å². The van der Waals surface area contributed by atoms with Crippen LogP contribution in [0.1, 0.15) is 17.3 Å². The first-order chi connectivity index (χ1) is 14.7. The van der Waals surface area contributed by atoms with Gasteiger partial charge in [-0.15, -0.1) is 0 Å². The molecule has 11 heteroatoms. The lowest BCUT2D eigenvalue weighted by atomic mass is 10.2. The van der Waals surface area contributed by atoms with Crippen LogP contribution in [0.3, 0.4) is 0 Å². The van der Waals surface area contributed by atoms with Gasteiger partial charge in [0.25, 0.3) is 11.6 Å². The highest BCUT2D eigenvalue weighted by Crippen LogP contribution is 2.22. The minimum absolute atomic E-state index is 0.0517. The summed E-state index contributed by atoms with van der Waals surface area (Å²) in [5.41, 5.74) is 0.132. The second kappa shape index (κ2) is 9.23. The fourth-order valence-electron chi connectivity index (χ4n) is 3.26. The molecule has 0 spiro atoms. The number of piperazine rings is 1. The number of rotatable bonds is 6. The highest BCUT2D eigenvalue weighted by molar-refractivity contribution is 7.89. The molecule has 1 N–H and O–H groups in total. The number of hydrogen-bond donors (Lipinski definition) is 1. The van der Waals surface area contributed by atoms with Gasteiger partial charge in [0.15, 0.2) is 0 Å². The normalized spacial score (nSPS) is 15.8. The first kappa shape index (κ1) is 22.4. The zero-order chi connectivity index (χ0) is 22.6. The van der Waals surface area contributed by atoms with E-state index in [2.05, 4.69) is 5.32 Å². The number of amides is 2. The van der Waals surface area contributed by atoms with E-state index in [0.29, 0.717) is 5.56 Å². The molecule has 3 rings (SSSR count). The molecule has 0 saturated carbocycles. The fraction of sp³-hybridized carbons (Fsp3) is 0.300. The van der Waals surface area contributed by atoms with Crippen LogP contribution in [0, 0.1) is 10.1 Å². The van der Waals surface area contributed by atoms with E-state index in [0.717, 1.165) is 6.07 Å². The summed E-state index contributed by atoms with van der Waals surface area (Å²) in [6.07, 6.45) is 0. The Bertz CT molecular complexity index is 1080.